The van der Waals surface area contributed by atoms with Gasteiger partial charge in [-0.3, -0.25) is 14.4 Å². The number of aryl methyl sites for hydroxylation is 1. The van der Waals surface area contributed by atoms with Gasteiger partial charge in [0.25, 0.3) is 0 Å². The monoisotopic (exact) mass is 490 g/mol. The molecule has 2 aromatic carbocycles. The topological polar surface area (TPSA) is 88.1 Å². The molecule has 0 unspecified atom stereocenters. The van der Waals surface area contributed by atoms with Crippen molar-refractivity contribution in [3.8, 4) is 0 Å². The Morgan fingerprint density at radius 3 is 2.57 bits per heavy atom. The third-order valence-corrected chi connectivity index (χ3v) is 8.85. The molecule has 7 nitrogen and oxygen atoms in total. The third-order valence-electron chi connectivity index (χ3n) is 7.10. The molecule has 1 fully saturated rings. The van der Waals surface area contributed by atoms with Crippen LogP contribution >= 0.6 is 0 Å². The third kappa shape index (κ3) is 4.44. The molecule has 0 amide bonds. The Bertz CT molecular complexity index is 1490. The smallest absolute Gasteiger partial charge is 0.186 e. The Hall–Kier alpha value is -3.23. The molecule has 0 saturated carbocycles. The molecular formula is C27H30N4O3S. The summed E-state index contributed by atoms with van der Waals surface area (Å²) >= 11 is 0. The predicted octanol–water partition coefficient (Wildman–Crippen LogP) is 4.40. The number of Topliss-reactive ketones (excluding diaryl/α,β-unsaturated/α-hetero) is 1. The van der Waals surface area contributed by atoms with Crippen LogP contribution in [-0.2, 0) is 16.4 Å². The second kappa shape index (κ2) is 9.09. The molecule has 35 heavy (non-hydrogen) atoms. The molecule has 1 aliphatic rings. The van der Waals surface area contributed by atoms with Gasteiger partial charge in [0, 0.05) is 40.5 Å². The van der Waals surface area contributed by atoms with Gasteiger partial charge in [-0.2, -0.15) is 5.10 Å². The molecule has 1 aliphatic heterocycles. The molecule has 1 saturated heterocycles. The number of hydrogen-bond donors (Lipinski definition) is 1. The van der Waals surface area contributed by atoms with Gasteiger partial charge in [-0.25, -0.2) is 8.42 Å². The van der Waals surface area contributed by atoms with E-state index in [-0.39, 0.29) is 23.3 Å². The number of carbonyl (C=O) groups excluding carboxylic acids is 1. The van der Waals surface area contributed by atoms with Crippen LogP contribution in [0.15, 0.2) is 60.8 Å². The minimum Gasteiger partial charge on any atom is -0.360 e. The van der Waals surface area contributed by atoms with Crippen molar-refractivity contribution in [2.75, 3.05) is 18.6 Å². The molecule has 2 aromatic heterocycles. The zero-order valence-corrected chi connectivity index (χ0v) is 21.0. The number of benzene rings is 2. The molecule has 0 spiro atoms. The van der Waals surface area contributed by atoms with E-state index in [4.69, 9.17) is 5.10 Å². The van der Waals surface area contributed by atoms with E-state index in [2.05, 4.69) is 9.88 Å². The number of carbonyl (C=O) groups is 1. The van der Waals surface area contributed by atoms with Gasteiger partial charge >= 0.3 is 0 Å². The first-order chi connectivity index (χ1) is 16.7. The summed E-state index contributed by atoms with van der Waals surface area (Å²) in [6, 6.07) is 17.0. The van der Waals surface area contributed by atoms with Gasteiger partial charge in [0.2, 0.25) is 0 Å². The van der Waals surface area contributed by atoms with Crippen LogP contribution in [0, 0.1) is 13.8 Å². The molecular weight excluding hydrogens is 460 g/mol. The lowest BCUT2D eigenvalue weighted by Gasteiger charge is -2.27. The highest BCUT2D eigenvalue weighted by Crippen LogP contribution is 2.31. The van der Waals surface area contributed by atoms with Crippen LogP contribution in [0.4, 0.5) is 0 Å². The number of likely N-dealkylation sites (N-methyl/N-ethyl adjacent to an activating group) is 1. The first-order valence-corrected chi connectivity index (χ1v) is 13.7. The van der Waals surface area contributed by atoms with E-state index in [0.29, 0.717) is 18.5 Å². The van der Waals surface area contributed by atoms with Crippen molar-refractivity contribution in [1.29, 1.82) is 0 Å². The van der Waals surface area contributed by atoms with Gasteiger partial charge in [-0.05, 0) is 38.9 Å². The van der Waals surface area contributed by atoms with Crippen LogP contribution in [0.3, 0.4) is 0 Å². The molecule has 182 valence electrons. The summed E-state index contributed by atoms with van der Waals surface area (Å²) in [5.41, 5.74) is 5.39. The zero-order chi connectivity index (χ0) is 24.7. The first-order valence-electron chi connectivity index (χ1n) is 11.9. The highest BCUT2D eigenvalue weighted by molar-refractivity contribution is 7.91. The fourth-order valence-electron chi connectivity index (χ4n) is 5.25. The number of aromatic nitrogens is 3. The highest BCUT2D eigenvalue weighted by atomic mass is 32.2. The average Bonchev–Trinajstić information content (AvgIpc) is 3.51. The Morgan fingerprint density at radius 2 is 1.86 bits per heavy atom. The Kier molecular flexibility index (Phi) is 6.11. The van der Waals surface area contributed by atoms with Crippen molar-refractivity contribution in [3.05, 3.63) is 88.9 Å². The fraction of sp³-hybridized carbons (Fsp3) is 0.333. The summed E-state index contributed by atoms with van der Waals surface area (Å²) in [5.74, 6) is 0.372. The van der Waals surface area contributed by atoms with Gasteiger partial charge in [0.15, 0.2) is 15.6 Å². The summed E-state index contributed by atoms with van der Waals surface area (Å²) in [5, 5.41) is 5.63. The average molecular weight is 491 g/mol. The lowest BCUT2D eigenvalue weighted by atomic mass is 9.95. The second-order valence-corrected chi connectivity index (χ2v) is 11.7. The molecule has 3 heterocycles. The summed E-state index contributed by atoms with van der Waals surface area (Å²) in [7, 11) is -1.05. The number of hydrogen-bond acceptors (Lipinski definition) is 5. The molecule has 5 rings (SSSR count). The van der Waals surface area contributed by atoms with Gasteiger partial charge in [0.05, 0.1) is 29.3 Å². The maximum absolute atomic E-state index is 14.0. The predicted molar refractivity (Wildman–Crippen MR) is 137 cm³/mol. The highest BCUT2D eigenvalue weighted by Gasteiger charge is 2.33. The normalized spacial score (nSPS) is 18.3. The molecule has 0 aliphatic carbocycles. The molecule has 8 heteroatoms. The van der Waals surface area contributed by atoms with Crippen LogP contribution in [0.5, 0.6) is 0 Å². The number of fused-ring (bicyclic) bond motifs is 1. The van der Waals surface area contributed by atoms with Gasteiger partial charge in [-0.1, -0.05) is 48.5 Å². The number of nitrogens with zero attached hydrogens (tertiary/aromatic N) is 3. The lowest BCUT2D eigenvalue weighted by molar-refractivity contribution is 0.0844. The van der Waals surface area contributed by atoms with Crippen LogP contribution in [0.25, 0.3) is 10.9 Å². The number of aromatic amines is 1. The van der Waals surface area contributed by atoms with E-state index in [1.165, 1.54) is 0 Å². The summed E-state index contributed by atoms with van der Waals surface area (Å²) in [6.07, 6.45) is 2.39. The number of H-pyrrole nitrogens is 1. The van der Waals surface area contributed by atoms with E-state index in [0.717, 1.165) is 33.4 Å². The maximum atomic E-state index is 14.0. The Balaban J connectivity index is 1.49. The summed E-state index contributed by atoms with van der Waals surface area (Å²) in [6.45, 7) is 4.47. The minimum atomic E-state index is -3.01. The summed E-state index contributed by atoms with van der Waals surface area (Å²) < 4.78 is 25.9. The number of para-hydroxylation sites is 1. The van der Waals surface area contributed by atoms with E-state index >= 15 is 0 Å². The van der Waals surface area contributed by atoms with Crippen molar-refractivity contribution in [2.45, 2.75) is 38.9 Å². The van der Waals surface area contributed by atoms with Crippen LogP contribution in [0.1, 0.15) is 51.4 Å². The van der Waals surface area contributed by atoms with Gasteiger partial charge in [-0.15, -0.1) is 0 Å². The number of rotatable bonds is 7. The second-order valence-electron chi connectivity index (χ2n) is 9.49. The standard InChI is InChI=1S/C27H30N4O3S/c1-18-24(19(2)31(29-18)21-13-14-35(33,34)17-21)16-30(3)26(20-9-5-4-6-10-20)27(32)23-15-28-25-12-8-7-11-22(23)25/h4-12,15,21,26,28H,13-14,16-17H2,1-3H3/t21-,26-/m1/s1. The van der Waals surface area contributed by atoms with Crippen LogP contribution < -0.4 is 0 Å². The van der Waals surface area contributed by atoms with Crippen LogP contribution in [-0.4, -0.2) is 52.4 Å². The van der Waals surface area contributed by atoms with Gasteiger partial charge in [0.1, 0.15) is 0 Å². The lowest BCUT2D eigenvalue weighted by Crippen LogP contribution is -2.31. The first kappa shape index (κ1) is 23.5. The zero-order valence-electron chi connectivity index (χ0n) is 20.2. The fourth-order valence-corrected chi connectivity index (χ4v) is 6.95. The van der Waals surface area contributed by atoms with Crippen LogP contribution in [0.2, 0.25) is 0 Å². The number of sulfone groups is 1. The molecule has 0 bridgehead atoms. The van der Waals surface area contributed by atoms with E-state index in [1.807, 2.05) is 80.2 Å². The van der Waals surface area contributed by atoms with E-state index < -0.39 is 15.9 Å². The van der Waals surface area contributed by atoms with E-state index in [1.54, 1.807) is 6.20 Å². The van der Waals surface area contributed by atoms with Crippen molar-refractivity contribution < 1.29 is 13.2 Å². The largest absolute Gasteiger partial charge is 0.360 e. The molecule has 4 aromatic rings. The van der Waals surface area contributed by atoms with E-state index in [9.17, 15) is 13.2 Å². The number of ketones is 1. The van der Waals surface area contributed by atoms with Crippen molar-refractivity contribution >= 4 is 26.5 Å². The molecule has 0 radical (unpaired) electrons. The van der Waals surface area contributed by atoms with Crippen molar-refractivity contribution in [1.82, 2.24) is 19.7 Å². The maximum Gasteiger partial charge on any atom is 0.186 e. The number of nitrogens with one attached hydrogen (secondary N) is 1. The van der Waals surface area contributed by atoms with Gasteiger partial charge < -0.3 is 4.98 Å². The Morgan fingerprint density at radius 1 is 1.14 bits per heavy atom. The summed E-state index contributed by atoms with van der Waals surface area (Å²) in [4.78, 5) is 19.2. The minimum absolute atomic E-state index is 0.0285. The van der Waals surface area contributed by atoms with Crippen molar-refractivity contribution in [3.63, 3.8) is 0 Å². The molecule has 1 N–H and O–H groups in total. The quantitative estimate of drug-likeness (QED) is 0.388. The van der Waals surface area contributed by atoms with Crippen molar-refractivity contribution in [2.24, 2.45) is 0 Å². The molecule has 2 atom stereocenters. The Labute approximate surface area is 205 Å². The SMILES string of the molecule is Cc1nn([C@@H]2CCS(=O)(=O)C2)c(C)c1CN(C)[C@@H](C(=O)c1c[nH]c2ccccc12)c1ccccc1.